The quantitative estimate of drug-likeness (QED) is 0.942. The average molecular weight is 309 g/mol. The van der Waals surface area contributed by atoms with Crippen LogP contribution in [0.1, 0.15) is 32.6 Å². The van der Waals surface area contributed by atoms with Crippen LogP contribution in [0.2, 0.25) is 0 Å². The Kier molecular flexibility index (Phi) is 4.22. The minimum absolute atomic E-state index is 0.0325. The van der Waals surface area contributed by atoms with Crippen molar-refractivity contribution in [2.75, 3.05) is 13.7 Å². The first-order chi connectivity index (χ1) is 11.0. The number of hydrogen-bond donors (Lipinski definition) is 1. The molecule has 3 heteroatoms. The largest absolute Gasteiger partial charge is 0.376 e. The first-order valence-corrected chi connectivity index (χ1v) is 8.00. The maximum atomic E-state index is 12.5. The third-order valence-electron chi connectivity index (χ3n) is 4.77. The third-order valence-corrected chi connectivity index (χ3v) is 4.77. The smallest absolute Gasteiger partial charge is 0.251 e. The van der Waals surface area contributed by atoms with E-state index in [1.165, 1.54) is 16.7 Å². The highest BCUT2D eigenvalue weighted by atomic mass is 16.5. The van der Waals surface area contributed by atoms with Gasteiger partial charge in [0.15, 0.2) is 0 Å². The average Bonchev–Trinajstić information content (AvgIpc) is 2.92. The van der Waals surface area contributed by atoms with Gasteiger partial charge in [0.1, 0.15) is 0 Å². The van der Waals surface area contributed by atoms with E-state index in [4.69, 9.17) is 4.74 Å². The lowest BCUT2D eigenvalue weighted by atomic mass is 9.99. The van der Waals surface area contributed by atoms with E-state index in [1.54, 1.807) is 7.11 Å². The van der Waals surface area contributed by atoms with E-state index >= 15 is 0 Å². The molecule has 0 aliphatic heterocycles. The Morgan fingerprint density at radius 3 is 2.35 bits per heavy atom. The van der Waals surface area contributed by atoms with Gasteiger partial charge in [-0.25, -0.2) is 0 Å². The summed E-state index contributed by atoms with van der Waals surface area (Å²) < 4.78 is 5.80. The molecule has 0 aromatic heterocycles. The second-order valence-electron chi connectivity index (χ2n) is 6.51. The minimum atomic E-state index is -0.335. The number of fused-ring (bicyclic) bond motifs is 1. The van der Waals surface area contributed by atoms with Gasteiger partial charge in [0.05, 0.1) is 5.60 Å². The van der Waals surface area contributed by atoms with Gasteiger partial charge < -0.3 is 10.1 Å². The van der Waals surface area contributed by atoms with Crippen LogP contribution >= 0.6 is 0 Å². The second kappa shape index (κ2) is 6.17. The molecule has 2 aromatic carbocycles. The van der Waals surface area contributed by atoms with Crippen molar-refractivity contribution < 1.29 is 9.53 Å². The highest BCUT2D eigenvalue weighted by Crippen LogP contribution is 2.32. The normalized spacial score (nSPS) is 15.3. The van der Waals surface area contributed by atoms with Crippen LogP contribution < -0.4 is 5.32 Å². The SMILES string of the molecule is COC1(CNC(=O)c2ccc(C)cc2C)Cc2ccccc2C1. The standard InChI is InChI=1S/C20H23NO2/c1-14-8-9-18(15(2)10-14)19(22)21-13-20(23-3)11-16-6-4-5-7-17(16)12-20/h4-10H,11-13H2,1-3H3,(H,21,22). The van der Waals surface area contributed by atoms with Crippen molar-refractivity contribution in [2.24, 2.45) is 0 Å². The van der Waals surface area contributed by atoms with Crippen LogP contribution in [0.4, 0.5) is 0 Å². The summed E-state index contributed by atoms with van der Waals surface area (Å²) in [5, 5.41) is 3.06. The molecule has 1 aliphatic carbocycles. The van der Waals surface area contributed by atoms with Crippen molar-refractivity contribution in [1.82, 2.24) is 5.32 Å². The summed E-state index contributed by atoms with van der Waals surface area (Å²) in [5.41, 5.74) is 5.20. The predicted octanol–water partition coefficient (Wildman–Crippen LogP) is 3.22. The molecule has 23 heavy (non-hydrogen) atoms. The summed E-state index contributed by atoms with van der Waals surface area (Å²) >= 11 is 0. The Balaban J connectivity index is 1.71. The highest BCUT2D eigenvalue weighted by molar-refractivity contribution is 5.95. The van der Waals surface area contributed by atoms with Crippen LogP contribution in [0.25, 0.3) is 0 Å². The van der Waals surface area contributed by atoms with Crippen molar-refractivity contribution in [3.8, 4) is 0 Å². The minimum Gasteiger partial charge on any atom is -0.376 e. The first kappa shape index (κ1) is 15.8. The van der Waals surface area contributed by atoms with Crippen LogP contribution in [0.15, 0.2) is 42.5 Å². The number of carbonyl (C=O) groups excluding carboxylic acids is 1. The Hall–Kier alpha value is -2.13. The summed E-state index contributed by atoms with van der Waals surface area (Å²) in [6.45, 7) is 4.52. The molecule has 0 radical (unpaired) electrons. The fourth-order valence-electron chi connectivity index (χ4n) is 3.41. The van der Waals surface area contributed by atoms with E-state index in [0.717, 1.165) is 24.0 Å². The Morgan fingerprint density at radius 1 is 1.13 bits per heavy atom. The molecule has 0 unspecified atom stereocenters. The van der Waals surface area contributed by atoms with Gasteiger partial charge in [-0.1, -0.05) is 42.0 Å². The number of aryl methyl sites for hydroxylation is 2. The molecule has 120 valence electrons. The van der Waals surface area contributed by atoms with Gasteiger partial charge in [-0.2, -0.15) is 0 Å². The van der Waals surface area contributed by atoms with Crippen molar-refractivity contribution in [3.63, 3.8) is 0 Å². The number of amides is 1. The van der Waals surface area contributed by atoms with Gasteiger partial charge in [0.25, 0.3) is 5.91 Å². The van der Waals surface area contributed by atoms with Gasteiger partial charge in [0.2, 0.25) is 0 Å². The maximum Gasteiger partial charge on any atom is 0.251 e. The molecular weight excluding hydrogens is 286 g/mol. The molecule has 1 N–H and O–H groups in total. The predicted molar refractivity (Wildman–Crippen MR) is 91.8 cm³/mol. The monoisotopic (exact) mass is 309 g/mol. The van der Waals surface area contributed by atoms with Gasteiger partial charge >= 0.3 is 0 Å². The molecule has 1 aliphatic rings. The second-order valence-corrected chi connectivity index (χ2v) is 6.51. The lowest BCUT2D eigenvalue weighted by Gasteiger charge is -2.28. The van der Waals surface area contributed by atoms with E-state index in [9.17, 15) is 4.79 Å². The van der Waals surface area contributed by atoms with E-state index in [-0.39, 0.29) is 11.5 Å². The van der Waals surface area contributed by atoms with E-state index in [2.05, 4.69) is 29.6 Å². The van der Waals surface area contributed by atoms with Gasteiger partial charge in [-0.15, -0.1) is 0 Å². The van der Waals surface area contributed by atoms with E-state index in [0.29, 0.717) is 6.54 Å². The van der Waals surface area contributed by atoms with Crippen LogP contribution in [0.5, 0.6) is 0 Å². The van der Waals surface area contributed by atoms with Crippen molar-refractivity contribution >= 4 is 5.91 Å². The summed E-state index contributed by atoms with van der Waals surface area (Å²) in [6.07, 6.45) is 1.68. The molecule has 0 bridgehead atoms. The van der Waals surface area contributed by atoms with Crippen LogP contribution in [0.3, 0.4) is 0 Å². The van der Waals surface area contributed by atoms with Crippen molar-refractivity contribution in [3.05, 3.63) is 70.3 Å². The molecule has 0 saturated heterocycles. The maximum absolute atomic E-state index is 12.5. The van der Waals surface area contributed by atoms with Crippen molar-refractivity contribution in [2.45, 2.75) is 32.3 Å². The number of ether oxygens (including phenoxy) is 1. The number of benzene rings is 2. The molecule has 2 aromatic rings. The van der Waals surface area contributed by atoms with E-state index < -0.39 is 0 Å². The zero-order chi connectivity index (χ0) is 16.4. The van der Waals surface area contributed by atoms with E-state index in [1.807, 2.05) is 32.0 Å². The fraction of sp³-hybridized carbons (Fsp3) is 0.350. The molecule has 3 nitrogen and oxygen atoms in total. The molecule has 3 rings (SSSR count). The molecular formula is C20H23NO2. The topological polar surface area (TPSA) is 38.3 Å². The highest BCUT2D eigenvalue weighted by Gasteiger charge is 2.37. The zero-order valence-corrected chi connectivity index (χ0v) is 14.0. The Morgan fingerprint density at radius 2 is 1.78 bits per heavy atom. The summed E-state index contributed by atoms with van der Waals surface area (Å²) in [5.74, 6) is -0.0325. The molecule has 0 saturated carbocycles. The lowest BCUT2D eigenvalue weighted by Crippen LogP contribution is -2.45. The summed E-state index contributed by atoms with van der Waals surface area (Å²) in [4.78, 5) is 12.5. The fourth-order valence-corrected chi connectivity index (χ4v) is 3.41. The number of methoxy groups -OCH3 is 1. The third kappa shape index (κ3) is 3.15. The van der Waals surface area contributed by atoms with Gasteiger partial charge in [-0.05, 0) is 36.6 Å². The zero-order valence-electron chi connectivity index (χ0n) is 14.0. The van der Waals surface area contributed by atoms with Crippen molar-refractivity contribution in [1.29, 1.82) is 0 Å². The molecule has 1 amide bonds. The summed E-state index contributed by atoms with van der Waals surface area (Å²) in [6, 6.07) is 14.3. The number of carbonyl (C=O) groups is 1. The van der Waals surface area contributed by atoms with Crippen LogP contribution in [-0.4, -0.2) is 25.2 Å². The van der Waals surface area contributed by atoms with Gasteiger partial charge in [-0.3, -0.25) is 4.79 Å². The van der Waals surface area contributed by atoms with Gasteiger partial charge in [0, 0.05) is 32.1 Å². The molecule has 0 atom stereocenters. The lowest BCUT2D eigenvalue weighted by molar-refractivity contribution is 0.000170. The molecule has 0 fully saturated rings. The Bertz CT molecular complexity index is 711. The molecule has 0 heterocycles. The van der Waals surface area contributed by atoms with Crippen LogP contribution in [-0.2, 0) is 17.6 Å². The summed E-state index contributed by atoms with van der Waals surface area (Å²) in [7, 11) is 1.73. The first-order valence-electron chi connectivity index (χ1n) is 8.00. The number of rotatable bonds is 4. The Labute approximate surface area is 137 Å². The number of nitrogens with one attached hydrogen (secondary N) is 1. The number of hydrogen-bond acceptors (Lipinski definition) is 2. The molecule has 0 spiro atoms. The van der Waals surface area contributed by atoms with Crippen LogP contribution in [0, 0.1) is 13.8 Å².